The predicted octanol–water partition coefficient (Wildman–Crippen LogP) is 1.15. The van der Waals surface area contributed by atoms with Crippen LogP contribution in [0, 0.1) is 0 Å². The van der Waals surface area contributed by atoms with Crippen LogP contribution in [0.25, 0.3) is 10.8 Å². The first-order valence-corrected chi connectivity index (χ1v) is 5.86. The number of amides is 1. The average Bonchev–Trinajstić information content (AvgIpc) is 2.48. The molecule has 0 saturated heterocycles. The quantitative estimate of drug-likeness (QED) is 0.577. The standard InChI is InChI=1S/C14H13NO5/c1-15-12(17)7-20-14(19)10-6-11(16)8-4-2-3-5-9(8)13(10)18/h2-6,16,18H,7H2,1H3,(H,15,17). The van der Waals surface area contributed by atoms with Crippen LogP contribution in [0.15, 0.2) is 30.3 Å². The van der Waals surface area contributed by atoms with Crippen LogP contribution in [0.1, 0.15) is 10.4 Å². The molecule has 0 fully saturated rings. The molecule has 6 heteroatoms. The third kappa shape index (κ3) is 2.49. The summed E-state index contributed by atoms with van der Waals surface area (Å²) in [6, 6.07) is 7.67. The van der Waals surface area contributed by atoms with E-state index in [0.29, 0.717) is 10.8 Å². The molecule has 0 atom stereocenters. The molecule has 2 rings (SSSR count). The summed E-state index contributed by atoms with van der Waals surface area (Å²) >= 11 is 0. The number of hydrogen-bond donors (Lipinski definition) is 3. The fourth-order valence-corrected chi connectivity index (χ4v) is 1.78. The van der Waals surface area contributed by atoms with Crippen molar-refractivity contribution in [1.29, 1.82) is 0 Å². The lowest BCUT2D eigenvalue weighted by molar-refractivity contribution is -0.123. The second-order valence-electron chi connectivity index (χ2n) is 4.09. The number of likely N-dealkylation sites (N-methyl/N-ethyl adjacent to an activating group) is 1. The topological polar surface area (TPSA) is 95.9 Å². The van der Waals surface area contributed by atoms with Gasteiger partial charge in [-0.05, 0) is 6.07 Å². The zero-order valence-electron chi connectivity index (χ0n) is 10.7. The van der Waals surface area contributed by atoms with Crippen molar-refractivity contribution in [3.63, 3.8) is 0 Å². The normalized spacial score (nSPS) is 10.2. The van der Waals surface area contributed by atoms with Gasteiger partial charge in [-0.2, -0.15) is 0 Å². The molecule has 0 bridgehead atoms. The van der Waals surface area contributed by atoms with Crippen LogP contribution in [0.4, 0.5) is 0 Å². The van der Waals surface area contributed by atoms with Crippen molar-refractivity contribution < 1.29 is 24.5 Å². The van der Waals surface area contributed by atoms with Gasteiger partial charge < -0.3 is 20.3 Å². The fourth-order valence-electron chi connectivity index (χ4n) is 1.78. The molecular formula is C14H13NO5. The van der Waals surface area contributed by atoms with E-state index in [1.807, 2.05) is 0 Å². The average molecular weight is 275 g/mol. The number of fused-ring (bicyclic) bond motifs is 1. The minimum Gasteiger partial charge on any atom is -0.507 e. The van der Waals surface area contributed by atoms with E-state index < -0.39 is 18.5 Å². The van der Waals surface area contributed by atoms with E-state index >= 15 is 0 Å². The molecule has 1 amide bonds. The van der Waals surface area contributed by atoms with E-state index in [9.17, 15) is 19.8 Å². The van der Waals surface area contributed by atoms with Crippen molar-refractivity contribution in [2.75, 3.05) is 13.7 Å². The maximum atomic E-state index is 11.8. The van der Waals surface area contributed by atoms with Crippen LogP contribution >= 0.6 is 0 Å². The van der Waals surface area contributed by atoms with Crippen molar-refractivity contribution >= 4 is 22.6 Å². The Bertz CT molecular complexity index is 681. The minimum absolute atomic E-state index is 0.148. The van der Waals surface area contributed by atoms with Crippen LogP contribution in [0.5, 0.6) is 11.5 Å². The summed E-state index contributed by atoms with van der Waals surface area (Å²) < 4.78 is 4.74. The Morgan fingerprint density at radius 1 is 1.20 bits per heavy atom. The van der Waals surface area contributed by atoms with E-state index in [1.54, 1.807) is 24.3 Å². The van der Waals surface area contributed by atoms with Crippen LogP contribution in [0.3, 0.4) is 0 Å². The van der Waals surface area contributed by atoms with E-state index in [-0.39, 0.29) is 17.1 Å². The predicted molar refractivity (Wildman–Crippen MR) is 71.6 cm³/mol. The van der Waals surface area contributed by atoms with Gasteiger partial charge in [-0.1, -0.05) is 24.3 Å². The second-order valence-corrected chi connectivity index (χ2v) is 4.09. The van der Waals surface area contributed by atoms with Crippen LogP contribution in [-0.2, 0) is 9.53 Å². The number of phenolic OH excluding ortho intramolecular Hbond substituents is 2. The molecule has 0 heterocycles. The minimum atomic E-state index is -0.882. The number of hydrogen-bond acceptors (Lipinski definition) is 5. The number of benzene rings is 2. The highest BCUT2D eigenvalue weighted by Crippen LogP contribution is 2.35. The molecule has 0 saturated carbocycles. The fraction of sp³-hybridized carbons (Fsp3) is 0.143. The Labute approximate surface area is 114 Å². The van der Waals surface area contributed by atoms with Gasteiger partial charge in [-0.25, -0.2) is 4.79 Å². The van der Waals surface area contributed by atoms with E-state index in [0.717, 1.165) is 6.07 Å². The summed E-state index contributed by atoms with van der Waals surface area (Å²) in [6.07, 6.45) is 0. The largest absolute Gasteiger partial charge is 0.507 e. The van der Waals surface area contributed by atoms with Crippen molar-refractivity contribution in [3.8, 4) is 11.5 Å². The van der Waals surface area contributed by atoms with Crippen molar-refractivity contribution in [1.82, 2.24) is 5.32 Å². The summed E-state index contributed by atoms with van der Waals surface area (Å²) in [6.45, 7) is -0.456. The molecule has 0 aliphatic rings. The van der Waals surface area contributed by atoms with Crippen molar-refractivity contribution in [2.45, 2.75) is 0 Å². The van der Waals surface area contributed by atoms with Crippen LogP contribution < -0.4 is 5.32 Å². The first-order valence-electron chi connectivity index (χ1n) is 5.86. The molecule has 0 aromatic heterocycles. The molecule has 2 aromatic rings. The van der Waals surface area contributed by atoms with Gasteiger partial charge in [0.15, 0.2) is 6.61 Å². The molecule has 0 aliphatic heterocycles. The number of phenols is 2. The summed E-state index contributed by atoms with van der Waals surface area (Å²) in [5, 5.41) is 23.0. The van der Waals surface area contributed by atoms with Crippen molar-refractivity contribution in [2.24, 2.45) is 0 Å². The van der Waals surface area contributed by atoms with E-state index in [2.05, 4.69) is 5.32 Å². The molecule has 20 heavy (non-hydrogen) atoms. The first kappa shape index (κ1) is 13.7. The maximum absolute atomic E-state index is 11.8. The van der Waals surface area contributed by atoms with Gasteiger partial charge in [0, 0.05) is 17.8 Å². The smallest absolute Gasteiger partial charge is 0.342 e. The highest BCUT2D eigenvalue weighted by molar-refractivity contribution is 6.04. The summed E-state index contributed by atoms with van der Waals surface area (Å²) in [7, 11) is 1.41. The molecular weight excluding hydrogens is 262 g/mol. The second kappa shape index (κ2) is 5.48. The highest BCUT2D eigenvalue weighted by Gasteiger charge is 2.18. The number of aromatic hydroxyl groups is 2. The lowest BCUT2D eigenvalue weighted by Crippen LogP contribution is -2.25. The monoisotopic (exact) mass is 275 g/mol. The van der Waals surface area contributed by atoms with Gasteiger partial charge in [0.2, 0.25) is 0 Å². The van der Waals surface area contributed by atoms with Crippen LogP contribution in [0.2, 0.25) is 0 Å². The zero-order chi connectivity index (χ0) is 14.7. The Kier molecular flexibility index (Phi) is 3.74. The molecule has 0 radical (unpaired) electrons. The van der Waals surface area contributed by atoms with Gasteiger partial charge in [-0.15, -0.1) is 0 Å². The number of carbonyl (C=O) groups is 2. The third-order valence-corrected chi connectivity index (χ3v) is 2.83. The van der Waals surface area contributed by atoms with E-state index in [1.165, 1.54) is 7.05 Å². The summed E-state index contributed by atoms with van der Waals surface area (Å²) in [4.78, 5) is 22.8. The lowest BCUT2D eigenvalue weighted by atomic mass is 10.0. The molecule has 0 unspecified atom stereocenters. The highest BCUT2D eigenvalue weighted by atomic mass is 16.5. The van der Waals surface area contributed by atoms with Gasteiger partial charge in [0.05, 0.1) is 0 Å². The Balaban J connectivity index is 2.37. The Hall–Kier alpha value is -2.76. The molecule has 2 aromatic carbocycles. The zero-order valence-corrected chi connectivity index (χ0v) is 10.7. The number of nitrogens with one attached hydrogen (secondary N) is 1. The number of carbonyl (C=O) groups excluding carboxylic acids is 2. The van der Waals surface area contributed by atoms with Gasteiger partial charge in [-0.3, -0.25) is 4.79 Å². The van der Waals surface area contributed by atoms with Gasteiger partial charge in [0.25, 0.3) is 5.91 Å². The number of ether oxygens (including phenoxy) is 1. The summed E-state index contributed by atoms with van der Waals surface area (Å²) in [5.74, 6) is -1.79. The Morgan fingerprint density at radius 2 is 1.85 bits per heavy atom. The molecule has 104 valence electrons. The Morgan fingerprint density at radius 3 is 2.50 bits per heavy atom. The van der Waals surface area contributed by atoms with E-state index in [4.69, 9.17) is 4.74 Å². The SMILES string of the molecule is CNC(=O)COC(=O)c1cc(O)c2ccccc2c1O. The summed E-state index contributed by atoms with van der Waals surface area (Å²) in [5.41, 5.74) is -0.190. The molecule has 3 N–H and O–H groups in total. The van der Waals surface area contributed by atoms with Crippen LogP contribution in [-0.4, -0.2) is 35.7 Å². The lowest BCUT2D eigenvalue weighted by Gasteiger charge is -2.09. The maximum Gasteiger partial charge on any atom is 0.342 e. The van der Waals surface area contributed by atoms with Crippen molar-refractivity contribution in [3.05, 3.63) is 35.9 Å². The molecule has 0 aliphatic carbocycles. The number of rotatable bonds is 3. The number of esters is 1. The molecule has 6 nitrogen and oxygen atoms in total. The molecule has 0 spiro atoms. The first-order chi connectivity index (χ1) is 9.54. The van der Waals surface area contributed by atoms with Gasteiger partial charge >= 0.3 is 5.97 Å². The van der Waals surface area contributed by atoms with Gasteiger partial charge in [0.1, 0.15) is 17.1 Å². The third-order valence-electron chi connectivity index (χ3n) is 2.83.